The molecule has 2 aromatic rings. The van der Waals surface area contributed by atoms with Gasteiger partial charge in [-0.25, -0.2) is 0 Å². The Morgan fingerprint density at radius 2 is 1.78 bits per heavy atom. The lowest BCUT2D eigenvalue weighted by Crippen LogP contribution is -2.34. The number of halogens is 2. The van der Waals surface area contributed by atoms with Crippen LogP contribution in [0, 0.1) is 5.92 Å². The van der Waals surface area contributed by atoms with Crippen LogP contribution in [-0.4, -0.2) is 42.1 Å². The van der Waals surface area contributed by atoms with Gasteiger partial charge in [0.05, 0.1) is 17.2 Å². The Hall–Kier alpha value is -3.16. The summed E-state index contributed by atoms with van der Waals surface area (Å²) in [5.41, 5.74) is 1.46. The average molecular weight is 378 g/mol. The molecule has 1 unspecified atom stereocenters. The third-order valence-corrected chi connectivity index (χ3v) is 3.83. The molecule has 6 nitrogen and oxygen atoms in total. The van der Waals surface area contributed by atoms with Gasteiger partial charge in [-0.2, -0.15) is 8.78 Å². The van der Waals surface area contributed by atoms with E-state index < -0.39 is 18.5 Å². The first-order valence-electron chi connectivity index (χ1n) is 8.17. The van der Waals surface area contributed by atoms with Gasteiger partial charge in [0.2, 0.25) is 0 Å². The first-order valence-corrected chi connectivity index (χ1v) is 8.17. The second-order valence-electron chi connectivity index (χ2n) is 6.00. The molecule has 1 atom stereocenters. The van der Waals surface area contributed by atoms with Crippen molar-refractivity contribution in [3.63, 3.8) is 0 Å². The van der Waals surface area contributed by atoms with Crippen LogP contribution in [0.15, 0.2) is 48.5 Å². The van der Waals surface area contributed by atoms with Gasteiger partial charge in [-0.05, 0) is 36.4 Å². The van der Waals surface area contributed by atoms with E-state index in [9.17, 15) is 18.4 Å². The zero-order valence-corrected chi connectivity index (χ0v) is 14.9. The molecule has 0 fully saturated rings. The van der Waals surface area contributed by atoms with Gasteiger partial charge in [-0.1, -0.05) is 19.1 Å². The van der Waals surface area contributed by atoms with Crippen LogP contribution in [0.1, 0.15) is 17.3 Å². The molecule has 0 saturated carbocycles. The molecule has 0 saturated heterocycles. The number of benzene rings is 2. The molecular weight excluding hydrogens is 358 g/mol. The van der Waals surface area contributed by atoms with Crippen LogP contribution in [0.4, 0.5) is 20.2 Å². The molecule has 0 radical (unpaired) electrons. The van der Waals surface area contributed by atoms with Gasteiger partial charge in [0.1, 0.15) is 5.75 Å². The highest BCUT2D eigenvalue weighted by atomic mass is 19.3. The summed E-state index contributed by atoms with van der Waals surface area (Å²) < 4.78 is 28.7. The van der Waals surface area contributed by atoms with Crippen molar-refractivity contribution in [1.82, 2.24) is 4.90 Å². The van der Waals surface area contributed by atoms with Gasteiger partial charge in [-0.15, -0.1) is 0 Å². The van der Waals surface area contributed by atoms with Crippen molar-refractivity contribution < 1.29 is 28.2 Å². The van der Waals surface area contributed by atoms with Crippen LogP contribution in [0.2, 0.25) is 0 Å². The molecule has 1 amide bonds. The van der Waals surface area contributed by atoms with Gasteiger partial charge in [0.15, 0.2) is 0 Å². The number of rotatable bonds is 8. The summed E-state index contributed by atoms with van der Waals surface area (Å²) in [4.78, 5) is 25.0. The van der Waals surface area contributed by atoms with Gasteiger partial charge < -0.3 is 20.1 Å². The Kier molecular flexibility index (Phi) is 6.70. The van der Waals surface area contributed by atoms with Crippen LogP contribution >= 0.6 is 0 Å². The largest absolute Gasteiger partial charge is 0.481 e. The minimum atomic E-state index is -2.90. The maximum Gasteiger partial charge on any atom is 0.387 e. The quantitative estimate of drug-likeness (QED) is 0.730. The minimum Gasteiger partial charge on any atom is -0.481 e. The van der Waals surface area contributed by atoms with E-state index in [1.165, 1.54) is 31.0 Å². The zero-order valence-electron chi connectivity index (χ0n) is 14.9. The summed E-state index contributed by atoms with van der Waals surface area (Å²) in [5.74, 6) is -1.97. The second kappa shape index (κ2) is 8.98. The molecular formula is C19H20F2N2O4. The smallest absolute Gasteiger partial charge is 0.387 e. The first-order chi connectivity index (χ1) is 12.8. The summed E-state index contributed by atoms with van der Waals surface area (Å²) in [6.45, 7) is -1.30. The van der Waals surface area contributed by atoms with E-state index in [4.69, 9.17) is 5.11 Å². The molecule has 0 aliphatic heterocycles. The summed E-state index contributed by atoms with van der Waals surface area (Å²) in [6.07, 6.45) is 0. The number of aliphatic carboxylic acids is 1. The maximum absolute atomic E-state index is 12.7. The number of carbonyl (C=O) groups excluding carboxylic acids is 1. The number of carbonyl (C=O) groups is 2. The number of para-hydroxylation sites is 1. The molecule has 0 aliphatic rings. The number of carboxylic acids is 1. The normalized spacial score (nSPS) is 11.7. The number of ether oxygens (including phenoxy) is 1. The van der Waals surface area contributed by atoms with Crippen molar-refractivity contribution in [3.05, 3.63) is 54.1 Å². The molecule has 144 valence electrons. The Morgan fingerprint density at radius 3 is 2.37 bits per heavy atom. The predicted molar refractivity (Wildman–Crippen MR) is 96.6 cm³/mol. The fourth-order valence-electron chi connectivity index (χ4n) is 2.43. The molecule has 8 heteroatoms. The van der Waals surface area contributed by atoms with Gasteiger partial charge in [0, 0.05) is 19.3 Å². The van der Waals surface area contributed by atoms with E-state index in [2.05, 4.69) is 10.1 Å². The Balaban J connectivity index is 2.15. The summed E-state index contributed by atoms with van der Waals surface area (Å²) in [6, 6.07) is 12.6. The molecule has 27 heavy (non-hydrogen) atoms. The van der Waals surface area contributed by atoms with Crippen LogP contribution in [0.3, 0.4) is 0 Å². The molecule has 0 spiro atoms. The van der Waals surface area contributed by atoms with Crippen molar-refractivity contribution in [3.8, 4) is 5.75 Å². The lowest BCUT2D eigenvalue weighted by Gasteiger charge is -2.21. The van der Waals surface area contributed by atoms with E-state index >= 15 is 0 Å². The minimum absolute atomic E-state index is 0.0299. The summed E-state index contributed by atoms with van der Waals surface area (Å²) in [5, 5.41) is 12.1. The van der Waals surface area contributed by atoms with E-state index in [0.717, 1.165) is 0 Å². The van der Waals surface area contributed by atoms with Gasteiger partial charge in [0.25, 0.3) is 5.91 Å². The molecule has 0 heterocycles. The number of carboxylic acid groups (broad SMARTS) is 1. The topological polar surface area (TPSA) is 78.9 Å². The second-order valence-corrected chi connectivity index (χ2v) is 6.00. The fourth-order valence-corrected chi connectivity index (χ4v) is 2.43. The summed E-state index contributed by atoms with van der Waals surface area (Å²) >= 11 is 0. The van der Waals surface area contributed by atoms with Gasteiger partial charge in [-0.3, -0.25) is 9.59 Å². The Bertz CT molecular complexity index is 797. The highest BCUT2D eigenvalue weighted by Crippen LogP contribution is 2.24. The standard InChI is InChI=1S/C19H20F2N2O4/c1-12(18(25)26)11-23(2)17(24)15-5-3-4-6-16(15)22-13-7-9-14(10-8-13)27-19(20)21/h3-10,12,19,22H,11H2,1-2H3,(H,25,26). The average Bonchev–Trinajstić information content (AvgIpc) is 2.62. The van der Waals surface area contributed by atoms with E-state index in [0.29, 0.717) is 16.9 Å². The first kappa shape index (κ1) is 20.2. The Morgan fingerprint density at radius 1 is 1.15 bits per heavy atom. The van der Waals surface area contributed by atoms with Crippen LogP contribution in [-0.2, 0) is 4.79 Å². The number of amides is 1. The highest BCUT2D eigenvalue weighted by molar-refractivity contribution is 6.00. The van der Waals surface area contributed by atoms with Crippen molar-refractivity contribution in [2.75, 3.05) is 18.9 Å². The van der Waals surface area contributed by atoms with Gasteiger partial charge >= 0.3 is 12.6 Å². The fraction of sp³-hybridized carbons (Fsp3) is 0.263. The van der Waals surface area contributed by atoms with Crippen molar-refractivity contribution in [1.29, 1.82) is 0 Å². The Labute approximate surface area is 155 Å². The number of alkyl halides is 2. The van der Waals surface area contributed by atoms with Crippen LogP contribution < -0.4 is 10.1 Å². The van der Waals surface area contributed by atoms with Crippen LogP contribution in [0.25, 0.3) is 0 Å². The monoisotopic (exact) mass is 378 g/mol. The van der Waals surface area contributed by atoms with E-state index in [1.54, 1.807) is 36.4 Å². The van der Waals surface area contributed by atoms with Crippen molar-refractivity contribution in [2.24, 2.45) is 5.92 Å². The number of hydrogen-bond donors (Lipinski definition) is 2. The number of hydrogen-bond acceptors (Lipinski definition) is 4. The molecule has 2 N–H and O–H groups in total. The van der Waals surface area contributed by atoms with Crippen LogP contribution in [0.5, 0.6) is 5.75 Å². The van der Waals surface area contributed by atoms with Crippen molar-refractivity contribution >= 4 is 23.3 Å². The molecule has 0 bridgehead atoms. The number of nitrogens with zero attached hydrogens (tertiary/aromatic N) is 1. The maximum atomic E-state index is 12.7. The summed E-state index contributed by atoms with van der Waals surface area (Å²) in [7, 11) is 1.54. The molecule has 0 aliphatic carbocycles. The van der Waals surface area contributed by atoms with E-state index in [-0.39, 0.29) is 18.2 Å². The highest BCUT2D eigenvalue weighted by Gasteiger charge is 2.20. The molecule has 2 rings (SSSR count). The third kappa shape index (κ3) is 5.67. The molecule has 2 aromatic carbocycles. The lowest BCUT2D eigenvalue weighted by molar-refractivity contribution is -0.141. The number of nitrogens with one attached hydrogen (secondary N) is 1. The number of anilines is 2. The third-order valence-electron chi connectivity index (χ3n) is 3.83. The SMILES string of the molecule is CC(CN(C)C(=O)c1ccccc1Nc1ccc(OC(F)F)cc1)C(=O)O. The van der Waals surface area contributed by atoms with Crippen molar-refractivity contribution in [2.45, 2.75) is 13.5 Å². The lowest BCUT2D eigenvalue weighted by atomic mass is 10.1. The predicted octanol–water partition coefficient (Wildman–Crippen LogP) is 3.82. The zero-order chi connectivity index (χ0) is 20.0. The molecule has 0 aromatic heterocycles. The van der Waals surface area contributed by atoms with E-state index in [1.807, 2.05) is 0 Å².